The average Bonchev–Trinajstić information content (AvgIpc) is 2.71. The summed E-state index contributed by atoms with van der Waals surface area (Å²) in [7, 11) is 0. The lowest BCUT2D eigenvalue weighted by Gasteiger charge is -2.31. The largest absolute Gasteiger partial charge is 0.313 e. The minimum absolute atomic E-state index is 0.0332. The van der Waals surface area contributed by atoms with Crippen LogP contribution in [0.3, 0.4) is 0 Å². The molecule has 1 atom stereocenters. The standard InChI is InChI=1S/C10H13N3S/c11-6-9-7-12-3-4-13(9)8-10-2-1-5-14-10/h1-2,5,9,12H,3-4,7-8H2. The summed E-state index contributed by atoms with van der Waals surface area (Å²) in [5.74, 6) is 0. The Labute approximate surface area is 88.0 Å². The zero-order chi connectivity index (χ0) is 9.80. The summed E-state index contributed by atoms with van der Waals surface area (Å²) in [4.78, 5) is 3.58. The van der Waals surface area contributed by atoms with Gasteiger partial charge in [-0.05, 0) is 11.4 Å². The number of hydrogen-bond acceptors (Lipinski definition) is 4. The average molecular weight is 207 g/mol. The normalized spacial score (nSPS) is 23.2. The topological polar surface area (TPSA) is 39.1 Å². The fourth-order valence-electron chi connectivity index (χ4n) is 1.67. The molecule has 0 amide bonds. The molecular formula is C10H13N3S. The molecule has 2 rings (SSSR count). The summed E-state index contributed by atoms with van der Waals surface area (Å²) in [5, 5.41) is 14.3. The minimum atomic E-state index is 0.0332. The van der Waals surface area contributed by atoms with E-state index in [9.17, 15) is 0 Å². The third-order valence-electron chi connectivity index (χ3n) is 2.44. The second-order valence-corrected chi connectivity index (χ2v) is 4.43. The van der Waals surface area contributed by atoms with Crippen molar-refractivity contribution in [1.29, 1.82) is 5.26 Å². The maximum absolute atomic E-state index is 8.96. The molecule has 0 radical (unpaired) electrons. The third-order valence-corrected chi connectivity index (χ3v) is 3.30. The lowest BCUT2D eigenvalue weighted by Crippen LogP contribution is -2.49. The van der Waals surface area contributed by atoms with E-state index in [0.717, 1.165) is 26.2 Å². The summed E-state index contributed by atoms with van der Waals surface area (Å²) in [6, 6.07) is 6.55. The number of nitrogens with zero attached hydrogens (tertiary/aromatic N) is 2. The number of rotatable bonds is 2. The van der Waals surface area contributed by atoms with Crippen LogP contribution in [0.25, 0.3) is 0 Å². The summed E-state index contributed by atoms with van der Waals surface area (Å²) in [5.41, 5.74) is 0. The Morgan fingerprint density at radius 3 is 3.36 bits per heavy atom. The zero-order valence-corrected chi connectivity index (χ0v) is 8.76. The number of hydrogen-bond donors (Lipinski definition) is 1. The van der Waals surface area contributed by atoms with E-state index in [4.69, 9.17) is 5.26 Å². The van der Waals surface area contributed by atoms with Gasteiger partial charge in [-0.3, -0.25) is 4.90 Å². The van der Waals surface area contributed by atoms with E-state index in [1.807, 2.05) is 0 Å². The highest BCUT2D eigenvalue weighted by atomic mass is 32.1. The minimum Gasteiger partial charge on any atom is -0.313 e. The van der Waals surface area contributed by atoms with Gasteiger partial charge in [-0.1, -0.05) is 6.07 Å². The number of piperazine rings is 1. The molecule has 1 aliphatic rings. The van der Waals surface area contributed by atoms with Crippen molar-refractivity contribution in [3.63, 3.8) is 0 Å². The van der Waals surface area contributed by atoms with Crippen LogP contribution in [0.5, 0.6) is 0 Å². The second-order valence-electron chi connectivity index (χ2n) is 3.40. The van der Waals surface area contributed by atoms with Crippen LogP contribution in [0.1, 0.15) is 4.88 Å². The lowest BCUT2D eigenvalue weighted by molar-refractivity contribution is 0.191. The highest BCUT2D eigenvalue weighted by molar-refractivity contribution is 7.09. The lowest BCUT2D eigenvalue weighted by atomic mass is 10.2. The Balaban J connectivity index is 1.99. The van der Waals surface area contributed by atoms with E-state index in [0.29, 0.717) is 0 Å². The van der Waals surface area contributed by atoms with Crippen molar-refractivity contribution in [2.45, 2.75) is 12.6 Å². The van der Waals surface area contributed by atoms with Gasteiger partial charge in [0.1, 0.15) is 6.04 Å². The van der Waals surface area contributed by atoms with Crippen molar-refractivity contribution in [3.05, 3.63) is 22.4 Å². The van der Waals surface area contributed by atoms with Crippen LogP contribution >= 0.6 is 11.3 Å². The Bertz CT molecular complexity index is 315. The van der Waals surface area contributed by atoms with Crippen molar-refractivity contribution in [3.8, 4) is 6.07 Å². The molecule has 0 bridgehead atoms. The van der Waals surface area contributed by atoms with E-state index >= 15 is 0 Å². The van der Waals surface area contributed by atoms with Gasteiger partial charge in [-0.15, -0.1) is 11.3 Å². The smallest absolute Gasteiger partial charge is 0.111 e. The molecule has 1 fully saturated rings. The van der Waals surface area contributed by atoms with Crippen molar-refractivity contribution >= 4 is 11.3 Å². The van der Waals surface area contributed by atoms with Crippen LogP contribution in [0.4, 0.5) is 0 Å². The first kappa shape index (κ1) is 9.66. The first-order valence-electron chi connectivity index (χ1n) is 4.77. The van der Waals surface area contributed by atoms with Gasteiger partial charge in [-0.25, -0.2) is 0 Å². The fourth-order valence-corrected chi connectivity index (χ4v) is 2.40. The first-order chi connectivity index (χ1) is 6.90. The van der Waals surface area contributed by atoms with E-state index in [-0.39, 0.29) is 6.04 Å². The molecular weight excluding hydrogens is 194 g/mol. The van der Waals surface area contributed by atoms with Crippen LogP contribution in [-0.2, 0) is 6.54 Å². The highest BCUT2D eigenvalue weighted by Crippen LogP contribution is 2.14. The molecule has 1 unspecified atom stereocenters. The Morgan fingerprint density at radius 1 is 1.71 bits per heavy atom. The fraction of sp³-hybridized carbons (Fsp3) is 0.500. The Hall–Kier alpha value is -0.890. The van der Waals surface area contributed by atoms with Crippen LogP contribution in [0, 0.1) is 11.3 Å². The molecule has 1 aromatic heterocycles. The van der Waals surface area contributed by atoms with Crippen LogP contribution < -0.4 is 5.32 Å². The van der Waals surface area contributed by atoms with Crippen molar-refractivity contribution < 1.29 is 0 Å². The molecule has 0 aliphatic carbocycles. The van der Waals surface area contributed by atoms with Crippen molar-refractivity contribution in [1.82, 2.24) is 10.2 Å². The molecule has 14 heavy (non-hydrogen) atoms. The first-order valence-corrected chi connectivity index (χ1v) is 5.65. The molecule has 1 aliphatic heterocycles. The maximum Gasteiger partial charge on any atom is 0.111 e. The van der Waals surface area contributed by atoms with E-state index in [1.54, 1.807) is 11.3 Å². The van der Waals surface area contributed by atoms with Gasteiger partial charge in [0.25, 0.3) is 0 Å². The number of nitriles is 1. The summed E-state index contributed by atoms with van der Waals surface area (Å²) in [6.45, 7) is 3.67. The molecule has 1 saturated heterocycles. The molecule has 2 heterocycles. The Kier molecular flexibility index (Phi) is 3.14. The molecule has 1 N–H and O–H groups in total. The van der Waals surface area contributed by atoms with Gasteiger partial charge in [0.2, 0.25) is 0 Å². The predicted molar refractivity (Wildman–Crippen MR) is 57.0 cm³/mol. The quantitative estimate of drug-likeness (QED) is 0.787. The van der Waals surface area contributed by atoms with Crippen LogP contribution in [-0.4, -0.2) is 30.6 Å². The van der Waals surface area contributed by atoms with Gasteiger partial charge in [0.15, 0.2) is 0 Å². The molecule has 74 valence electrons. The van der Waals surface area contributed by atoms with Crippen molar-refractivity contribution in [2.24, 2.45) is 0 Å². The summed E-state index contributed by atoms with van der Waals surface area (Å²) in [6.07, 6.45) is 0. The SMILES string of the molecule is N#CC1CNCCN1Cc1cccs1. The van der Waals surface area contributed by atoms with Gasteiger partial charge in [-0.2, -0.15) is 5.26 Å². The summed E-state index contributed by atoms with van der Waals surface area (Å²) < 4.78 is 0. The number of thiophene rings is 1. The molecule has 0 aromatic carbocycles. The Morgan fingerprint density at radius 2 is 2.64 bits per heavy atom. The third kappa shape index (κ3) is 2.13. The maximum atomic E-state index is 8.96. The van der Waals surface area contributed by atoms with E-state index < -0.39 is 0 Å². The van der Waals surface area contributed by atoms with E-state index in [1.165, 1.54) is 4.88 Å². The second kappa shape index (κ2) is 4.56. The monoisotopic (exact) mass is 207 g/mol. The van der Waals surface area contributed by atoms with E-state index in [2.05, 4.69) is 33.8 Å². The van der Waals surface area contributed by atoms with Crippen molar-refractivity contribution in [2.75, 3.05) is 19.6 Å². The molecule has 0 spiro atoms. The van der Waals surface area contributed by atoms with Crippen LogP contribution in [0.2, 0.25) is 0 Å². The molecule has 1 aromatic rings. The molecule has 4 heteroatoms. The predicted octanol–water partition coefficient (Wildman–Crippen LogP) is 1.05. The molecule has 0 saturated carbocycles. The van der Waals surface area contributed by atoms with Gasteiger partial charge >= 0.3 is 0 Å². The van der Waals surface area contributed by atoms with Gasteiger partial charge in [0.05, 0.1) is 6.07 Å². The summed E-state index contributed by atoms with van der Waals surface area (Å²) >= 11 is 1.76. The van der Waals surface area contributed by atoms with Gasteiger partial charge < -0.3 is 5.32 Å². The number of nitrogens with one attached hydrogen (secondary N) is 1. The van der Waals surface area contributed by atoms with Gasteiger partial charge in [0, 0.05) is 31.1 Å². The molecule has 3 nitrogen and oxygen atoms in total. The highest BCUT2D eigenvalue weighted by Gasteiger charge is 2.21. The van der Waals surface area contributed by atoms with Crippen LogP contribution in [0.15, 0.2) is 17.5 Å². The zero-order valence-electron chi connectivity index (χ0n) is 7.94.